The second-order valence-electron chi connectivity index (χ2n) is 8.32. The van der Waals surface area contributed by atoms with Crippen LogP contribution < -0.4 is 10.9 Å². The zero-order chi connectivity index (χ0) is 24.3. The fraction of sp³-hybridized carbons (Fsp3) is 0.524. The minimum absolute atomic E-state index is 0.0253. The van der Waals surface area contributed by atoms with Crippen LogP contribution in [-0.4, -0.2) is 66.5 Å². The number of pyridine rings is 1. The molecule has 1 N–H and O–H groups in total. The third-order valence-electron chi connectivity index (χ3n) is 6.03. The summed E-state index contributed by atoms with van der Waals surface area (Å²) < 4.78 is 48.2. The molecule has 0 bridgehead atoms. The largest absolute Gasteiger partial charge is 0.382 e. The van der Waals surface area contributed by atoms with Crippen molar-refractivity contribution in [1.29, 1.82) is 5.26 Å². The summed E-state index contributed by atoms with van der Waals surface area (Å²) in [6, 6.07) is 3.46. The molecular formula is C21H24ClFN6O4S. The number of sulfonamides is 1. The molecular weight excluding hydrogens is 487 g/mol. The van der Waals surface area contributed by atoms with Gasteiger partial charge in [-0.25, -0.2) is 22.5 Å². The predicted octanol–water partition coefficient (Wildman–Crippen LogP) is 1.98. The number of nitriles is 1. The van der Waals surface area contributed by atoms with Crippen molar-refractivity contribution in [2.75, 3.05) is 38.2 Å². The molecule has 4 heterocycles. The van der Waals surface area contributed by atoms with E-state index in [-0.39, 0.29) is 28.6 Å². The Morgan fingerprint density at radius 2 is 2.15 bits per heavy atom. The van der Waals surface area contributed by atoms with E-state index >= 15 is 4.39 Å². The smallest absolute Gasteiger partial charge is 0.288 e. The molecule has 0 amide bonds. The van der Waals surface area contributed by atoms with Gasteiger partial charge in [0.15, 0.2) is 5.03 Å². The topological polar surface area (TPSA) is 130 Å². The van der Waals surface area contributed by atoms with Crippen molar-refractivity contribution in [2.24, 2.45) is 5.92 Å². The minimum Gasteiger partial charge on any atom is -0.382 e. The maximum absolute atomic E-state index is 15.1. The zero-order valence-corrected chi connectivity index (χ0v) is 19.8. The number of nitrogens with one attached hydrogen (secondary N) is 1. The van der Waals surface area contributed by atoms with Crippen molar-refractivity contribution in [1.82, 2.24) is 19.1 Å². The number of alkyl halides is 1. The molecule has 34 heavy (non-hydrogen) atoms. The predicted molar refractivity (Wildman–Crippen MR) is 122 cm³/mol. The molecule has 4 rings (SSSR count). The lowest BCUT2D eigenvalue weighted by Gasteiger charge is -2.34. The Morgan fingerprint density at radius 3 is 2.79 bits per heavy atom. The summed E-state index contributed by atoms with van der Waals surface area (Å²) in [5, 5.41) is 15.7. The monoisotopic (exact) mass is 510 g/mol. The molecule has 0 aromatic carbocycles. The van der Waals surface area contributed by atoms with E-state index in [2.05, 4.69) is 15.4 Å². The second kappa shape index (κ2) is 10.4. The van der Waals surface area contributed by atoms with Gasteiger partial charge in [0.05, 0.1) is 30.1 Å². The first-order valence-corrected chi connectivity index (χ1v) is 12.7. The lowest BCUT2D eigenvalue weighted by atomic mass is 10.0. The Morgan fingerprint density at radius 1 is 1.32 bits per heavy atom. The highest BCUT2D eigenvalue weighted by atomic mass is 35.5. The maximum Gasteiger partial charge on any atom is 0.288 e. The summed E-state index contributed by atoms with van der Waals surface area (Å²) in [5.74, 6) is 0.305. The quantitative estimate of drug-likeness (QED) is 0.624. The van der Waals surface area contributed by atoms with Gasteiger partial charge in [0.25, 0.3) is 15.6 Å². The summed E-state index contributed by atoms with van der Waals surface area (Å²) in [7, 11) is -4.05. The number of halogens is 2. The van der Waals surface area contributed by atoms with Gasteiger partial charge in [0, 0.05) is 32.4 Å². The van der Waals surface area contributed by atoms with Crippen LogP contribution in [-0.2, 0) is 14.8 Å². The number of hydrogen-bond acceptors (Lipinski definition) is 8. The van der Waals surface area contributed by atoms with Crippen LogP contribution >= 0.6 is 11.6 Å². The van der Waals surface area contributed by atoms with Crippen LogP contribution in [0.4, 0.5) is 10.1 Å². The van der Waals surface area contributed by atoms with Crippen LogP contribution in [0.2, 0.25) is 5.02 Å². The zero-order valence-electron chi connectivity index (χ0n) is 18.2. The van der Waals surface area contributed by atoms with Gasteiger partial charge in [-0.2, -0.15) is 14.7 Å². The van der Waals surface area contributed by atoms with Gasteiger partial charge >= 0.3 is 0 Å². The van der Waals surface area contributed by atoms with Crippen molar-refractivity contribution in [3.05, 3.63) is 45.5 Å². The molecule has 0 aliphatic carbocycles. The van der Waals surface area contributed by atoms with E-state index < -0.39 is 34.3 Å². The summed E-state index contributed by atoms with van der Waals surface area (Å²) >= 11 is 6.26. The SMILES string of the molecule is N#Cc1ccc(S(=O)(=O)N2CC[C@@H](n3ncc(NC[C@H]4CCCOC4)c(Cl)c3=O)[C@H](F)C2)nc1. The number of rotatable bonds is 6. The molecule has 0 unspecified atom stereocenters. The first-order valence-electron chi connectivity index (χ1n) is 10.9. The molecule has 2 aromatic heterocycles. The number of hydrogen-bond donors (Lipinski definition) is 1. The first-order chi connectivity index (χ1) is 16.3. The fourth-order valence-electron chi connectivity index (χ4n) is 4.12. The molecule has 182 valence electrons. The highest BCUT2D eigenvalue weighted by Crippen LogP contribution is 2.28. The van der Waals surface area contributed by atoms with Crippen LogP contribution in [0, 0.1) is 17.2 Å². The molecule has 2 aliphatic rings. The van der Waals surface area contributed by atoms with Gasteiger partial charge in [-0.1, -0.05) is 11.6 Å². The average molecular weight is 511 g/mol. The second-order valence-corrected chi connectivity index (χ2v) is 10.6. The van der Waals surface area contributed by atoms with E-state index in [9.17, 15) is 13.2 Å². The molecule has 3 atom stereocenters. The van der Waals surface area contributed by atoms with Crippen LogP contribution in [0.25, 0.3) is 0 Å². The molecule has 0 saturated carbocycles. The molecule has 2 fully saturated rings. The highest BCUT2D eigenvalue weighted by molar-refractivity contribution is 7.89. The first kappa shape index (κ1) is 24.5. The molecule has 10 nitrogen and oxygen atoms in total. The van der Waals surface area contributed by atoms with Crippen molar-refractivity contribution < 1.29 is 17.5 Å². The summed E-state index contributed by atoms with van der Waals surface area (Å²) in [4.78, 5) is 16.6. The molecule has 13 heteroatoms. The summed E-state index contributed by atoms with van der Waals surface area (Å²) in [6.45, 7) is 1.49. The molecule has 2 aromatic rings. The lowest BCUT2D eigenvalue weighted by Crippen LogP contribution is -2.48. The number of ether oxygens (including phenoxy) is 1. The van der Waals surface area contributed by atoms with Gasteiger partial charge in [-0.05, 0) is 37.3 Å². The Kier molecular flexibility index (Phi) is 7.47. The Hall–Kier alpha value is -2.59. The van der Waals surface area contributed by atoms with E-state index in [0.29, 0.717) is 24.8 Å². The lowest BCUT2D eigenvalue weighted by molar-refractivity contribution is 0.0595. The van der Waals surface area contributed by atoms with Gasteiger partial charge in [0.2, 0.25) is 0 Å². The number of nitrogens with zero attached hydrogens (tertiary/aromatic N) is 5. The Labute approximate surface area is 201 Å². The van der Waals surface area contributed by atoms with Crippen molar-refractivity contribution in [3.63, 3.8) is 0 Å². The highest BCUT2D eigenvalue weighted by Gasteiger charge is 2.38. The van der Waals surface area contributed by atoms with Crippen LogP contribution in [0.5, 0.6) is 0 Å². The number of aromatic nitrogens is 3. The maximum atomic E-state index is 15.1. The third kappa shape index (κ3) is 5.07. The Bertz CT molecular complexity index is 1230. The van der Waals surface area contributed by atoms with Crippen molar-refractivity contribution in [3.8, 4) is 6.07 Å². The van der Waals surface area contributed by atoms with Gasteiger partial charge in [0.1, 0.15) is 17.3 Å². The number of piperidine rings is 1. The normalized spacial score (nSPS) is 23.9. The summed E-state index contributed by atoms with van der Waals surface area (Å²) in [6.07, 6.45) is 2.89. The van der Waals surface area contributed by atoms with E-state index in [1.54, 1.807) is 0 Å². The van der Waals surface area contributed by atoms with E-state index in [1.807, 2.05) is 6.07 Å². The Balaban J connectivity index is 1.45. The standard InChI is InChI=1S/C21H24ClFN6O4S/c22-20-17(25-10-15-2-1-7-33-13-15)11-27-29(21(20)30)18-5-6-28(12-16(18)23)34(31,32)19-4-3-14(8-24)9-26-19/h3-4,9,11,15-16,18,25H,1-2,5-7,10,12-13H2/t15-,16-,18-/m1/s1. The fourth-order valence-corrected chi connectivity index (χ4v) is 5.69. The van der Waals surface area contributed by atoms with E-state index in [4.69, 9.17) is 21.6 Å². The minimum atomic E-state index is -4.05. The molecule has 2 aliphatic heterocycles. The van der Waals surface area contributed by atoms with Gasteiger partial charge < -0.3 is 10.1 Å². The molecule has 0 radical (unpaired) electrons. The summed E-state index contributed by atoms with van der Waals surface area (Å²) in [5.41, 5.74) is -0.0477. The molecule has 2 saturated heterocycles. The number of anilines is 1. The average Bonchev–Trinajstić information content (AvgIpc) is 2.86. The van der Waals surface area contributed by atoms with Gasteiger partial charge in [-0.3, -0.25) is 4.79 Å². The van der Waals surface area contributed by atoms with E-state index in [1.165, 1.54) is 18.3 Å². The van der Waals surface area contributed by atoms with Crippen LogP contribution in [0.3, 0.4) is 0 Å². The third-order valence-corrected chi connectivity index (χ3v) is 8.18. The van der Waals surface area contributed by atoms with Crippen LogP contribution in [0.15, 0.2) is 34.3 Å². The van der Waals surface area contributed by atoms with Crippen molar-refractivity contribution >= 4 is 27.3 Å². The van der Waals surface area contributed by atoms with Crippen LogP contribution in [0.1, 0.15) is 30.9 Å². The van der Waals surface area contributed by atoms with Crippen molar-refractivity contribution in [2.45, 2.75) is 36.5 Å². The van der Waals surface area contributed by atoms with E-state index in [0.717, 1.165) is 34.6 Å². The molecule has 0 spiro atoms. The van der Waals surface area contributed by atoms with Gasteiger partial charge in [-0.15, -0.1) is 0 Å².